The fourth-order valence-corrected chi connectivity index (χ4v) is 1.18. The number of nitriles is 1. The highest BCUT2D eigenvalue weighted by Gasteiger charge is 2.01. The molecule has 0 amide bonds. The highest BCUT2D eigenvalue weighted by molar-refractivity contribution is 5.18. The summed E-state index contributed by atoms with van der Waals surface area (Å²) >= 11 is 0. The Bertz CT molecular complexity index is 453. The van der Waals surface area contributed by atoms with Crippen LogP contribution in [0.25, 0.3) is 0 Å². The lowest BCUT2D eigenvalue weighted by Gasteiger charge is -1.97. The van der Waals surface area contributed by atoms with E-state index in [1.165, 1.54) is 0 Å². The second-order valence-electron chi connectivity index (χ2n) is 2.96. The second-order valence-corrected chi connectivity index (χ2v) is 2.96. The van der Waals surface area contributed by atoms with Crippen LogP contribution in [0.4, 0.5) is 0 Å². The third-order valence-electron chi connectivity index (χ3n) is 1.86. The summed E-state index contributed by atoms with van der Waals surface area (Å²) in [5.41, 5.74) is 0. The molecule has 0 spiro atoms. The maximum absolute atomic E-state index is 8.54. The largest absolute Gasteiger partial charge is 0.449 e. The summed E-state index contributed by atoms with van der Waals surface area (Å²) in [6, 6.07) is 7.13. The zero-order chi connectivity index (χ0) is 10.5. The van der Waals surface area contributed by atoms with Gasteiger partial charge in [-0.15, -0.1) is 0 Å². The van der Waals surface area contributed by atoms with Gasteiger partial charge in [0.05, 0.1) is 19.3 Å². The summed E-state index contributed by atoms with van der Waals surface area (Å²) in [5, 5.41) is 15.2. The van der Waals surface area contributed by atoms with Crippen molar-refractivity contribution in [3.05, 3.63) is 41.7 Å². The molecule has 15 heavy (non-hydrogen) atoms. The summed E-state index contributed by atoms with van der Waals surface area (Å²) in [7, 11) is 0. The van der Waals surface area contributed by atoms with Gasteiger partial charge >= 0.3 is 0 Å². The molecule has 0 bridgehead atoms. The van der Waals surface area contributed by atoms with E-state index in [9.17, 15) is 0 Å². The molecule has 0 atom stereocenters. The molecule has 0 saturated carbocycles. The summed E-state index contributed by atoms with van der Waals surface area (Å²) in [6.07, 6.45) is 1.59. The Hall–Kier alpha value is -2.06. The van der Waals surface area contributed by atoms with Gasteiger partial charge in [0.15, 0.2) is 0 Å². The van der Waals surface area contributed by atoms with Crippen LogP contribution >= 0.6 is 0 Å². The fourth-order valence-electron chi connectivity index (χ4n) is 1.18. The summed E-state index contributed by atoms with van der Waals surface area (Å²) in [4.78, 5) is 0. The number of hydrogen-bond acceptors (Lipinski definition) is 5. The van der Waals surface area contributed by atoms with E-state index in [1.807, 2.05) is 6.07 Å². The summed E-state index contributed by atoms with van der Waals surface area (Å²) < 4.78 is 10.1. The lowest BCUT2D eigenvalue weighted by Crippen LogP contribution is -2.11. The number of rotatable bonds is 4. The van der Waals surface area contributed by atoms with E-state index in [2.05, 4.69) is 10.5 Å². The van der Waals surface area contributed by atoms with Gasteiger partial charge in [0, 0.05) is 6.07 Å². The lowest BCUT2D eigenvalue weighted by molar-refractivity contribution is 0.368. The average molecular weight is 203 g/mol. The van der Waals surface area contributed by atoms with Gasteiger partial charge in [0.25, 0.3) is 0 Å². The predicted molar refractivity (Wildman–Crippen MR) is 50.5 cm³/mol. The van der Waals surface area contributed by atoms with Gasteiger partial charge in [-0.2, -0.15) is 5.26 Å². The van der Waals surface area contributed by atoms with Crippen molar-refractivity contribution in [2.45, 2.75) is 13.1 Å². The van der Waals surface area contributed by atoms with Crippen LogP contribution in [0.2, 0.25) is 0 Å². The molecule has 0 saturated heterocycles. The minimum Gasteiger partial charge on any atom is -0.449 e. The lowest BCUT2D eigenvalue weighted by atomic mass is 10.4. The van der Waals surface area contributed by atoms with Crippen molar-refractivity contribution < 1.29 is 8.94 Å². The van der Waals surface area contributed by atoms with Gasteiger partial charge < -0.3 is 14.3 Å². The first-order valence-electron chi connectivity index (χ1n) is 4.47. The Morgan fingerprint density at radius 1 is 1.27 bits per heavy atom. The van der Waals surface area contributed by atoms with E-state index in [1.54, 1.807) is 24.4 Å². The number of nitrogens with zero attached hydrogens (tertiary/aromatic N) is 2. The Morgan fingerprint density at radius 2 is 2.13 bits per heavy atom. The van der Waals surface area contributed by atoms with E-state index in [4.69, 9.17) is 14.2 Å². The molecule has 0 aliphatic carbocycles. The molecule has 0 unspecified atom stereocenters. The number of hydrogen-bond donors (Lipinski definition) is 1. The average Bonchev–Trinajstić information content (AvgIpc) is 2.88. The van der Waals surface area contributed by atoms with Gasteiger partial charge in [-0.25, -0.2) is 0 Å². The van der Waals surface area contributed by atoms with Crippen LogP contribution in [0.15, 0.2) is 33.3 Å². The molecular formula is C10H9N3O2. The van der Waals surface area contributed by atoms with Gasteiger partial charge in [0.1, 0.15) is 17.6 Å². The molecule has 2 heterocycles. The van der Waals surface area contributed by atoms with Gasteiger partial charge in [-0.05, 0) is 12.1 Å². The highest BCUT2D eigenvalue weighted by atomic mass is 16.5. The van der Waals surface area contributed by atoms with Crippen LogP contribution in [-0.2, 0) is 13.1 Å². The maximum atomic E-state index is 8.54. The fraction of sp³-hybridized carbons (Fsp3) is 0.200. The molecule has 5 heteroatoms. The second kappa shape index (κ2) is 4.44. The topological polar surface area (TPSA) is 75.0 Å². The number of aromatic nitrogens is 1. The van der Waals surface area contributed by atoms with Crippen LogP contribution in [0.1, 0.15) is 17.3 Å². The van der Waals surface area contributed by atoms with Crippen molar-refractivity contribution in [3.63, 3.8) is 0 Å². The molecule has 2 aromatic rings. The molecule has 0 fully saturated rings. The molecular weight excluding hydrogens is 194 g/mol. The van der Waals surface area contributed by atoms with Crippen molar-refractivity contribution in [3.8, 4) is 6.07 Å². The smallest absolute Gasteiger partial charge is 0.203 e. The monoisotopic (exact) mass is 203 g/mol. The molecule has 0 aliphatic heterocycles. The predicted octanol–water partition coefficient (Wildman–Crippen LogP) is 1.43. The Labute approximate surface area is 86.3 Å². The number of nitrogens with one attached hydrogen (secondary N) is 1. The molecule has 76 valence electrons. The van der Waals surface area contributed by atoms with Crippen LogP contribution in [0.5, 0.6) is 0 Å². The third-order valence-corrected chi connectivity index (χ3v) is 1.86. The highest BCUT2D eigenvalue weighted by Crippen LogP contribution is 2.06. The zero-order valence-corrected chi connectivity index (χ0v) is 7.93. The standard InChI is InChI=1S/C10H9N3O2/c11-5-8-1-2-9(14-8)6-12-7-10-3-4-13-15-10/h1-4,12H,6-7H2. The number of furan rings is 1. The minimum atomic E-state index is 0.325. The van der Waals surface area contributed by atoms with Crippen LogP contribution in [0.3, 0.4) is 0 Å². The van der Waals surface area contributed by atoms with E-state index in [-0.39, 0.29) is 0 Å². The van der Waals surface area contributed by atoms with Crippen molar-refractivity contribution in [1.82, 2.24) is 10.5 Å². The first-order valence-corrected chi connectivity index (χ1v) is 4.47. The van der Waals surface area contributed by atoms with E-state index in [0.717, 1.165) is 11.5 Å². The van der Waals surface area contributed by atoms with Crippen molar-refractivity contribution in [2.24, 2.45) is 0 Å². The van der Waals surface area contributed by atoms with Crippen molar-refractivity contribution in [1.29, 1.82) is 5.26 Å². The first-order chi connectivity index (χ1) is 7.38. The summed E-state index contributed by atoms with van der Waals surface area (Å²) in [6.45, 7) is 1.14. The Morgan fingerprint density at radius 3 is 2.80 bits per heavy atom. The van der Waals surface area contributed by atoms with Crippen LogP contribution in [0, 0.1) is 11.3 Å². The SMILES string of the molecule is N#Cc1ccc(CNCc2ccno2)o1. The summed E-state index contributed by atoms with van der Waals surface area (Å²) in [5.74, 6) is 1.82. The molecule has 2 rings (SSSR count). The minimum absolute atomic E-state index is 0.325. The Kier molecular flexibility index (Phi) is 2.81. The molecule has 2 aromatic heterocycles. The zero-order valence-electron chi connectivity index (χ0n) is 7.93. The van der Waals surface area contributed by atoms with Gasteiger partial charge in [-0.3, -0.25) is 0 Å². The van der Waals surface area contributed by atoms with E-state index >= 15 is 0 Å². The van der Waals surface area contributed by atoms with Gasteiger partial charge in [0.2, 0.25) is 5.76 Å². The van der Waals surface area contributed by atoms with Crippen molar-refractivity contribution >= 4 is 0 Å². The molecule has 5 nitrogen and oxygen atoms in total. The molecule has 1 N–H and O–H groups in total. The van der Waals surface area contributed by atoms with Crippen LogP contribution in [-0.4, -0.2) is 5.16 Å². The first kappa shape index (κ1) is 9.49. The molecule has 0 aromatic carbocycles. The van der Waals surface area contributed by atoms with Crippen LogP contribution < -0.4 is 5.32 Å². The van der Waals surface area contributed by atoms with E-state index in [0.29, 0.717) is 18.8 Å². The van der Waals surface area contributed by atoms with E-state index < -0.39 is 0 Å². The third kappa shape index (κ3) is 2.45. The normalized spacial score (nSPS) is 10.1. The quantitative estimate of drug-likeness (QED) is 0.813. The molecule has 0 radical (unpaired) electrons. The van der Waals surface area contributed by atoms with Crippen molar-refractivity contribution in [2.75, 3.05) is 0 Å². The molecule has 0 aliphatic rings. The maximum Gasteiger partial charge on any atom is 0.203 e. The van der Waals surface area contributed by atoms with Gasteiger partial charge in [-0.1, -0.05) is 5.16 Å². The Balaban J connectivity index is 1.81.